The molecule has 0 aromatic heterocycles. The first kappa shape index (κ1) is 19.8. The fourth-order valence-corrected chi connectivity index (χ4v) is 3.97. The van der Waals surface area contributed by atoms with Gasteiger partial charge in [0.05, 0.1) is 5.92 Å². The fourth-order valence-electron chi connectivity index (χ4n) is 3.97. The van der Waals surface area contributed by atoms with Crippen LogP contribution < -0.4 is 5.32 Å². The quantitative estimate of drug-likeness (QED) is 0.795. The lowest BCUT2D eigenvalue weighted by molar-refractivity contribution is -0.138. The Balaban J connectivity index is 1.42. The molecule has 1 N–H and O–H groups in total. The number of nitrogens with zero attached hydrogens (tertiary/aromatic N) is 2. The number of benzene rings is 1. The maximum absolute atomic E-state index is 13.3. The van der Waals surface area contributed by atoms with Gasteiger partial charge in [0.25, 0.3) is 0 Å². The molecule has 0 bridgehead atoms. The van der Waals surface area contributed by atoms with Crippen LogP contribution in [0.5, 0.6) is 0 Å². The predicted octanol–water partition coefficient (Wildman–Crippen LogP) is 2.21. The van der Waals surface area contributed by atoms with Gasteiger partial charge in [-0.15, -0.1) is 0 Å². The fraction of sp³-hybridized carbons (Fsp3) is 0.619. The molecule has 148 valence electrons. The zero-order valence-electron chi connectivity index (χ0n) is 16.0. The molecule has 1 aromatic rings. The highest BCUT2D eigenvalue weighted by Crippen LogP contribution is 2.18. The average Bonchev–Trinajstić information content (AvgIpc) is 2.68. The van der Waals surface area contributed by atoms with E-state index in [-0.39, 0.29) is 23.5 Å². The number of likely N-dealkylation sites (tertiary alicyclic amines) is 2. The molecule has 2 saturated heterocycles. The Morgan fingerprint density at radius 2 is 2.00 bits per heavy atom. The van der Waals surface area contributed by atoms with E-state index in [2.05, 4.69) is 10.2 Å². The Kier molecular flexibility index (Phi) is 7.21. The molecular formula is C21H30FN3O2. The summed E-state index contributed by atoms with van der Waals surface area (Å²) < 4.78 is 13.3. The number of carbonyl (C=O) groups is 2. The molecule has 0 unspecified atom stereocenters. The van der Waals surface area contributed by atoms with Gasteiger partial charge < -0.3 is 15.1 Å². The average molecular weight is 375 g/mol. The molecule has 2 amide bonds. The van der Waals surface area contributed by atoms with Crippen molar-refractivity contribution >= 4 is 11.8 Å². The zero-order chi connectivity index (χ0) is 19.1. The molecule has 1 atom stereocenters. The number of hydrogen-bond donors (Lipinski definition) is 1. The van der Waals surface area contributed by atoms with Crippen molar-refractivity contribution in [1.29, 1.82) is 0 Å². The third-order valence-electron chi connectivity index (χ3n) is 5.61. The third-order valence-corrected chi connectivity index (χ3v) is 5.61. The van der Waals surface area contributed by atoms with Crippen molar-refractivity contribution in [3.63, 3.8) is 0 Å². The predicted molar refractivity (Wildman–Crippen MR) is 103 cm³/mol. The van der Waals surface area contributed by atoms with E-state index in [9.17, 15) is 14.0 Å². The maximum atomic E-state index is 13.3. The first-order valence-electron chi connectivity index (χ1n) is 10.1. The monoisotopic (exact) mass is 375 g/mol. The minimum atomic E-state index is -0.261. The van der Waals surface area contributed by atoms with Gasteiger partial charge >= 0.3 is 0 Å². The number of halogens is 1. The summed E-state index contributed by atoms with van der Waals surface area (Å²) in [6, 6.07) is 6.46. The Hall–Kier alpha value is -1.95. The highest BCUT2D eigenvalue weighted by Gasteiger charge is 2.29. The third kappa shape index (κ3) is 6.03. The van der Waals surface area contributed by atoms with Crippen LogP contribution in [0, 0.1) is 11.7 Å². The Morgan fingerprint density at radius 3 is 2.78 bits per heavy atom. The van der Waals surface area contributed by atoms with Gasteiger partial charge in [0.15, 0.2) is 0 Å². The van der Waals surface area contributed by atoms with Crippen molar-refractivity contribution in [3.05, 3.63) is 35.6 Å². The van der Waals surface area contributed by atoms with Gasteiger partial charge in [0.2, 0.25) is 11.8 Å². The van der Waals surface area contributed by atoms with E-state index in [0.717, 1.165) is 25.2 Å². The molecule has 2 heterocycles. The molecule has 3 rings (SSSR count). The lowest BCUT2D eigenvalue weighted by Gasteiger charge is -2.32. The molecule has 5 nitrogen and oxygen atoms in total. The summed E-state index contributed by atoms with van der Waals surface area (Å²) in [6.45, 7) is 4.82. The summed E-state index contributed by atoms with van der Waals surface area (Å²) in [5, 5.41) is 3.05. The molecule has 2 aliphatic rings. The Morgan fingerprint density at radius 1 is 1.19 bits per heavy atom. The van der Waals surface area contributed by atoms with Crippen molar-refractivity contribution < 1.29 is 14.0 Å². The SMILES string of the molecule is O=C(NCCN1CCCCC1)[C@@H]1CCC(=O)N(CCc2cccc(F)c2)C1. The topological polar surface area (TPSA) is 52.7 Å². The minimum Gasteiger partial charge on any atom is -0.355 e. The number of hydrogen-bond acceptors (Lipinski definition) is 3. The van der Waals surface area contributed by atoms with E-state index in [1.165, 1.54) is 31.4 Å². The van der Waals surface area contributed by atoms with Crippen LogP contribution in [0.25, 0.3) is 0 Å². The standard InChI is InChI=1S/C21H30FN3O2/c22-19-6-4-5-17(15-19)9-13-25-16-18(7-8-20(25)26)21(27)23-10-14-24-11-2-1-3-12-24/h4-6,15,18H,1-3,7-14,16H2,(H,23,27)/t18-/m1/s1. The van der Waals surface area contributed by atoms with Gasteiger partial charge in [-0.1, -0.05) is 18.6 Å². The molecule has 27 heavy (non-hydrogen) atoms. The zero-order valence-corrected chi connectivity index (χ0v) is 16.0. The van der Waals surface area contributed by atoms with Gasteiger partial charge in [-0.05, 0) is 56.5 Å². The molecule has 0 aliphatic carbocycles. The van der Waals surface area contributed by atoms with Gasteiger partial charge in [-0.2, -0.15) is 0 Å². The van der Waals surface area contributed by atoms with Crippen molar-refractivity contribution in [2.45, 2.75) is 38.5 Å². The lowest BCUT2D eigenvalue weighted by Crippen LogP contribution is -2.47. The first-order chi connectivity index (χ1) is 13.1. The second-order valence-electron chi connectivity index (χ2n) is 7.65. The van der Waals surface area contributed by atoms with Crippen LogP contribution in [-0.4, -0.2) is 60.9 Å². The maximum Gasteiger partial charge on any atom is 0.224 e. The molecule has 6 heteroatoms. The van der Waals surface area contributed by atoms with Crippen molar-refractivity contribution in [3.8, 4) is 0 Å². The van der Waals surface area contributed by atoms with E-state index in [0.29, 0.717) is 38.9 Å². The first-order valence-corrected chi connectivity index (χ1v) is 10.1. The second kappa shape index (κ2) is 9.83. The highest BCUT2D eigenvalue weighted by molar-refractivity contribution is 5.83. The van der Waals surface area contributed by atoms with Crippen LogP contribution in [0.1, 0.15) is 37.7 Å². The summed E-state index contributed by atoms with van der Waals surface area (Å²) >= 11 is 0. The Bertz CT molecular complexity index is 646. The number of nitrogens with one attached hydrogen (secondary N) is 1. The molecular weight excluding hydrogens is 345 g/mol. The van der Waals surface area contributed by atoms with Crippen LogP contribution in [0.15, 0.2) is 24.3 Å². The van der Waals surface area contributed by atoms with Crippen molar-refractivity contribution in [1.82, 2.24) is 15.1 Å². The van der Waals surface area contributed by atoms with Crippen LogP contribution in [-0.2, 0) is 16.0 Å². The summed E-state index contributed by atoms with van der Waals surface area (Å²) in [4.78, 5) is 28.8. The summed E-state index contributed by atoms with van der Waals surface area (Å²) in [5.74, 6) is -0.265. The smallest absolute Gasteiger partial charge is 0.224 e. The largest absolute Gasteiger partial charge is 0.355 e. The van der Waals surface area contributed by atoms with Gasteiger partial charge in [0, 0.05) is 32.6 Å². The number of rotatable bonds is 7. The van der Waals surface area contributed by atoms with Crippen LogP contribution in [0.3, 0.4) is 0 Å². The van der Waals surface area contributed by atoms with E-state index >= 15 is 0 Å². The van der Waals surface area contributed by atoms with Gasteiger partial charge in [-0.25, -0.2) is 4.39 Å². The highest BCUT2D eigenvalue weighted by atomic mass is 19.1. The van der Waals surface area contributed by atoms with Crippen LogP contribution in [0.2, 0.25) is 0 Å². The number of amides is 2. The second-order valence-corrected chi connectivity index (χ2v) is 7.65. The summed E-state index contributed by atoms with van der Waals surface area (Å²) in [5.41, 5.74) is 0.871. The molecule has 0 spiro atoms. The Labute approximate surface area is 160 Å². The van der Waals surface area contributed by atoms with E-state index in [1.54, 1.807) is 11.0 Å². The van der Waals surface area contributed by atoms with Gasteiger partial charge in [0.1, 0.15) is 5.82 Å². The molecule has 2 fully saturated rings. The van der Waals surface area contributed by atoms with E-state index in [4.69, 9.17) is 0 Å². The van der Waals surface area contributed by atoms with Crippen LogP contribution >= 0.6 is 0 Å². The summed E-state index contributed by atoms with van der Waals surface area (Å²) in [7, 11) is 0. The molecule has 0 saturated carbocycles. The number of carbonyl (C=O) groups excluding carboxylic acids is 2. The number of piperidine rings is 2. The van der Waals surface area contributed by atoms with Gasteiger partial charge in [-0.3, -0.25) is 9.59 Å². The lowest BCUT2D eigenvalue weighted by atomic mass is 9.96. The van der Waals surface area contributed by atoms with Crippen LogP contribution in [0.4, 0.5) is 4.39 Å². The normalized spacial score (nSPS) is 21.3. The van der Waals surface area contributed by atoms with E-state index in [1.807, 2.05) is 6.07 Å². The minimum absolute atomic E-state index is 0.0512. The molecule has 0 radical (unpaired) electrons. The van der Waals surface area contributed by atoms with E-state index < -0.39 is 0 Å². The summed E-state index contributed by atoms with van der Waals surface area (Å²) in [6.07, 6.45) is 5.44. The molecule has 1 aromatic carbocycles. The van der Waals surface area contributed by atoms with Crippen molar-refractivity contribution in [2.24, 2.45) is 5.92 Å². The molecule has 2 aliphatic heterocycles. The van der Waals surface area contributed by atoms with Crippen molar-refractivity contribution in [2.75, 3.05) is 39.3 Å².